The standard InChI is InChI=1S/C13H13Br2NO2S2/c1-9-12(6-13(15)19-9)20(17,18)16-8-11-4-2-3-10(5-11)7-14/h2-6,16H,7-8H2,1H3. The van der Waals surface area contributed by atoms with Gasteiger partial charge in [-0.15, -0.1) is 11.3 Å². The first kappa shape index (κ1) is 16.2. The Morgan fingerprint density at radius 3 is 2.55 bits per heavy atom. The summed E-state index contributed by atoms with van der Waals surface area (Å²) in [6.45, 7) is 2.09. The summed E-state index contributed by atoms with van der Waals surface area (Å²) >= 11 is 8.12. The molecule has 0 aliphatic rings. The van der Waals surface area contributed by atoms with Gasteiger partial charge in [0.1, 0.15) is 0 Å². The molecule has 0 bridgehead atoms. The lowest BCUT2D eigenvalue weighted by Gasteiger charge is -2.07. The smallest absolute Gasteiger partial charge is 0.207 e. The van der Waals surface area contributed by atoms with Crippen molar-refractivity contribution in [3.63, 3.8) is 0 Å². The molecule has 2 aromatic rings. The molecule has 0 saturated heterocycles. The first-order chi connectivity index (χ1) is 9.42. The number of aryl methyl sites for hydroxylation is 1. The molecule has 0 radical (unpaired) electrons. The first-order valence-corrected chi connectivity index (χ1v) is 10.0. The number of rotatable bonds is 5. The van der Waals surface area contributed by atoms with Gasteiger partial charge in [0.15, 0.2) is 0 Å². The molecule has 0 amide bonds. The number of hydrogen-bond acceptors (Lipinski definition) is 3. The van der Waals surface area contributed by atoms with Gasteiger partial charge in [-0.1, -0.05) is 40.2 Å². The Balaban J connectivity index is 2.15. The van der Waals surface area contributed by atoms with E-state index in [4.69, 9.17) is 0 Å². The summed E-state index contributed by atoms with van der Waals surface area (Å²) in [5, 5.41) is 0.754. The van der Waals surface area contributed by atoms with Crippen LogP contribution in [0, 0.1) is 6.92 Å². The van der Waals surface area contributed by atoms with Crippen molar-refractivity contribution < 1.29 is 8.42 Å². The Morgan fingerprint density at radius 2 is 1.95 bits per heavy atom. The van der Waals surface area contributed by atoms with Crippen molar-refractivity contribution in [2.45, 2.75) is 23.7 Å². The second-order valence-electron chi connectivity index (χ2n) is 4.25. The molecule has 0 saturated carbocycles. The van der Waals surface area contributed by atoms with Crippen molar-refractivity contribution in [2.24, 2.45) is 0 Å². The van der Waals surface area contributed by atoms with Crippen LogP contribution in [0.25, 0.3) is 0 Å². The minimum atomic E-state index is -3.47. The first-order valence-electron chi connectivity index (χ1n) is 5.82. The van der Waals surface area contributed by atoms with E-state index in [0.29, 0.717) is 4.90 Å². The maximum Gasteiger partial charge on any atom is 0.242 e. The molecule has 1 aromatic carbocycles. The molecule has 0 aliphatic heterocycles. The Hall–Kier alpha value is -0.210. The van der Waals surface area contributed by atoms with Crippen LogP contribution in [0.3, 0.4) is 0 Å². The number of alkyl halides is 1. The molecule has 0 spiro atoms. The topological polar surface area (TPSA) is 46.2 Å². The third-order valence-electron chi connectivity index (χ3n) is 2.74. The zero-order valence-corrected chi connectivity index (χ0v) is 15.5. The molecule has 0 fully saturated rings. The van der Waals surface area contributed by atoms with E-state index in [-0.39, 0.29) is 6.54 Å². The van der Waals surface area contributed by atoms with Crippen LogP contribution in [-0.4, -0.2) is 8.42 Å². The van der Waals surface area contributed by atoms with Crippen LogP contribution in [0.1, 0.15) is 16.0 Å². The normalized spacial score (nSPS) is 11.8. The monoisotopic (exact) mass is 437 g/mol. The summed E-state index contributed by atoms with van der Waals surface area (Å²) in [6, 6.07) is 9.44. The average molecular weight is 439 g/mol. The number of sulfonamides is 1. The highest BCUT2D eigenvalue weighted by Gasteiger charge is 2.19. The molecule has 1 aromatic heterocycles. The molecule has 1 heterocycles. The lowest BCUT2D eigenvalue weighted by molar-refractivity contribution is 0.581. The van der Waals surface area contributed by atoms with Gasteiger partial charge in [0.2, 0.25) is 10.0 Å². The quantitative estimate of drug-likeness (QED) is 0.711. The second kappa shape index (κ2) is 6.70. The fraction of sp³-hybridized carbons (Fsp3) is 0.231. The van der Waals surface area contributed by atoms with Gasteiger partial charge >= 0.3 is 0 Å². The third kappa shape index (κ3) is 3.92. The molecular weight excluding hydrogens is 426 g/mol. The minimum Gasteiger partial charge on any atom is -0.207 e. The highest BCUT2D eigenvalue weighted by Crippen LogP contribution is 2.29. The van der Waals surface area contributed by atoms with Crippen LogP contribution in [0.4, 0.5) is 0 Å². The molecule has 0 atom stereocenters. The fourth-order valence-corrected chi connectivity index (χ4v) is 5.56. The number of benzene rings is 1. The van der Waals surface area contributed by atoms with E-state index in [0.717, 1.165) is 25.1 Å². The van der Waals surface area contributed by atoms with Gasteiger partial charge in [0, 0.05) is 16.8 Å². The Kier molecular flexibility index (Phi) is 5.42. The largest absolute Gasteiger partial charge is 0.242 e. The van der Waals surface area contributed by atoms with E-state index in [1.54, 1.807) is 13.0 Å². The van der Waals surface area contributed by atoms with Crippen molar-refractivity contribution in [1.82, 2.24) is 4.72 Å². The maximum absolute atomic E-state index is 12.3. The molecule has 0 unspecified atom stereocenters. The van der Waals surface area contributed by atoms with Crippen molar-refractivity contribution >= 4 is 53.2 Å². The van der Waals surface area contributed by atoms with Crippen LogP contribution >= 0.6 is 43.2 Å². The Bertz CT molecular complexity index is 711. The van der Waals surface area contributed by atoms with Gasteiger partial charge < -0.3 is 0 Å². The molecule has 3 nitrogen and oxygen atoms in total. The van der Waals surface area contributed by atoms with Crippen molar-refractivity contribution in [2.75, 3.05) is 0 Å². The lowest BCUT2D eigenvalue weighted by Crippen LogP contribution is -2.23. The molecular formula is C13H13Br2NO2S2. The van der Waals surface area contributed by atoms with E-state index in [1.165, 1.54) is 11.3 Å². The minimum absolute atomic E-state index is 0.288. The number of halogens is 2. The van der Waals surface area contributed by atoms with Gasteiger partial charge in [-0.2, -0.15) is 0 Å². The molecule has 108 valence electrons. The predicted octanol–water partition coefficient (Wildman–Crippen LogP) is 4.19. The van der Waals surface area contributed by atoms with Crippen LogP contribution in [0.5, 0.6) is 0 Å². The molecule has 1 N–H and O–H groups in total. The zero-order chi connectivity index (χ0) is 14.8. The van der Waals surface area contributed by atoms with Crippen LogP contribution in [0.15, 0.2) is 39.0 Å². The third-order valence-corrected chi connectivity index (χ3v) is 6.60. The van der Waals surface area contributed by atoms with Gasteiger partial charge in [0.25, 0.3) is 0 Å². The van der Waals surface area contributed by atoms with Crippen molar-refractivity contribution in [3.8, 4) is 0 Å². The second-order valence-corrected chi connectivity index (χ2v) is 9.18. The van der Waals surface area contributed by atoms with Gasteiger partial charge in [-0.3, -0.25) is 0 Å². The van der Waals surface area contributed by atoms with E-state index in [2.05, 4.69) is 36.6 Å². The highest BCUT2D eigenvalue weighted by molar-refractivity contribution is 9.11. The average Bonchev–Trinajstić information content (AvgIpc) is 2.77. The van der Waals surface area contributed by atoms with Gasteiger partial charge in [-0.05, 0) is 40.0 Å². The summed E-state index contributed by atoms with van der Waals surface area (Å²) in [6.07, 6.45) is 0. The van der Waals surface area contributed by atoms with E-state index in [1.807, 2.05) is 24.3 Å². The molecule has 0 aliphatic carbocycles. The fourth-order valence-electron chi connectivity index (χ4n) is 1.78. The van der Waals surface area contributed by atoms with E-state index >= 15 is 0 Å². The molecule has 20 heavy (non-hydrogen) atoms. The number of nitrogens with one attached hydrogen (secondary N) is 1. The Labute approximate surface area is 139 Å². The number of thiophene rings is 1. The van der Waals surface area contributed by atoms with Gasteiger partial charge in [0.05, 0.1) is 8.68 Å². The van der Waals surface area contributed by atoms with Crippen LogP contribution in [0.2, 0.25) is 0 Å². The SMILES string of the molecule is Cc1sc(Br)cc1S(=O)(=O)NCc1cccc(CBr)c1. The lowest BCUT2D eigenvalue weighted by atomic mass is 10.1. The summed E-state index contributed by atoms with van der Waals surface area (Å²) in [5.41, 5.74) is 2.06. The number of hydrogen-bond donors (Lipinski definition) is 1. The van der Waals surface area contributed by atoms with Crippen LogP contribution < -0.4 is 4.72 Å². The van der Waals surface area contributed by atoms with Crippen molar-refractivity contribution in [1.29, 1.82) is 0 Å². The van der Waals surface area contributed by atoms with Crippen LogP contribution in [-0.2, 0) is 21.9 Å². The maximum atomic E-state index is 12.3. The van der Waals surface area contributed by atoms with E-state index < -0.39 is 10.0 Å². The summed E-state index contributed by atoms with van der Waals surface area (Å²) in [4.78, 5) is 1.12. The highest BCUT2D eigenvalue weighted by atomic mass is 79.9. The Morgan fingerprint density at radius 1 is 1.25 bits per heavy atom. The molecule has 2 rings (SSSR count). The summed E-state index contributed by atoms with van der Waals surface area (Å²) in [5.74, 6) is 0. The van der Waals surface area contributed by atoms with Crippen molar-refractivity contribution in [3.05, 3.63) is 50.1 Å². The predicted molar refractivity (Wildman–Crippen MR) is 89.9 cm³/mol. The summed E-state index contributed by atoms with van der Waals surface area (Å²) < 4.78 is 28.0. The van der Waals surface area contributed by atoms with Gasteiger partial charge in [-0.25, -0.2) is 13.1 Å². The summed E-state index contributed by atoms with van der Waals surface area (Å²) in [7, 11) is -3.47. The van der Waals surface area contributed by atoms with E-state index in [9.17, 15) is 8.42 Å². The molecule has 7 heteroatoms. The zero-order valence-electron chi connectivity index (χ0n) is 10.7.